The third-order valence-electron chi connectivity index (χ3n) is 5.09. The van der Waals surface area contributed by atoms with Crippen molar-refractivity contribution in [3.8, 4) is 0 Å². The van der Waals surface area contributed by atoms with E-state index in [2.05, 4.69) is 0 Å². The fourth-order valence-electron chi connectivity index (χ4n) is 4.02. The molecule has 0 amide bonds. The Hall–Kier alpha value is -1.15. The Balaban J connectivity index is 2.04. The topological polar surface area (TPSA) is 34.1 Å². The molecule has 2 saturated carbocycles. The molecule has 2 aliphatic carbocycles. The third kappa shape index (κ3) is 1.85. The number of ketones is 2. The molecule has 106 valence electrons. The quantitative estimate of drug-likeness (QED) is 0.728. The van der Waals surface area contributed by atoms with Gasteiger partial charge in [0.2, 0.25) is 0 Å². The van der Waals surface area contributed by atoms with Crippen LogP contribution in [-0.2, 0) is 9.59 Å². The van der Waals surface area contributed by atoms with E-state index in [1.807, 2.05) is 25.1 Å². The van der Waals surface area contributed by atoms with Crippen LogP contribution in [0.15, 0.2) is 24.3 Å². The highest BCUT2D eigenvalue weighted by molar-refractivity contribution is 6.32. The van der Waals surface area contributed by atoms with Crippen molar-refractivity contribution >= 4 is 23.2 Å². The largest absolute Gasteiger partial charge is 0.298 e. The Morgan fingerprint density at radius 3 is 2.35 bits per heavy atom. The fraction of sp³-hybridized carbons (Fsp3) is 0.529. The summed E-state index contributed by atoms with van der Waals surface area (Å²) >= 11 is 6.25. The minimum atomic E-state index is -0.707. The van der Waals surface area contributed by atoms with Crippen LogP contribution in [0.1, 0.15) is 50.5 Å². The van der Waals surface area contributed by atoms with Gasteiger partial charge >= 0.3 is 0 Å². The normalized spacial score (nSPS) is 29.1. The van der Waals surface area contributed by atoms with Gasteiger partial charge in [-0.1, -0.05) is 56.0 Å². The molecule has 20 heavy (non-hydrogen) atoms. The van der Waals surface area contributed by atoms with Crippen LogP contribution in [0.4, 0.5) is 0 Å². The van der Waals surface area contributed by atoms with Crippen molar-refractivity contribution in [2.45, 2.75) is 44.9 Å². The summed E-state index contributed by atoms with van der Waals surface area (Å²) in [6.45, 7) is 1.89. The number of hydrogen-bond donors (Lipinski definition) is 0. The van der Waals surface area contributed by atoms with Gasteiger partial charge in [0, 0.05) is 10.9 Å². The lowest BCUT2D eigenvalue weighted by Gasteiger charge is -2.30. The Bertz CT molecular complexity index is 558. The Morgan fingerprint density at radius 1 is 1.05 bits per heavy atom. The summed E-state index contributed by atoms with van der Waals surface area (Å²) in [5.41, 5.74) is 0.115. The number of carbonyl (C=O) groups is 2. The molecular weight excluding hydrogens is 272 g/mol. The molecule has 1 aromatic carbocycles. The lowest BCUT2D eigenvalue weighted by Crippen LogP contribution is -2.36. The summed E-state index contributed by atoms with van der Waals surface area (Å²) in [4.78, 5) is 25.7. The van der Waals surface area contributed by atoms with Gasteiger partial charge in [-0.2, -0.15) is 0 Å². The molecule has 0 saturated heterocycles. The van der Waals surface area contributed by atoms with E-state index in [4.69, 9.17) is 11.6 Å². The van der Waals surface area contributed by atoms with Crippen molar-refractivity contribution in [3.05, 3.63) is 34.9 Å². The average Bonchev–Trinajstić information content (AvgIpc) is 2.64. The highest BCUT2D eigenvalue weighted by Crippen LogP contribution is 2.52. The number of benzene rings is 1. The minimum absolute atomic E-state index is 0.114. The van der Waals surface area contributed by atoms with Crippen molar-refractivity contribution in [1.82, 2.24) is 0 Å². The van der Waals surface area contributed by atoms with Crippen LogP contribution < -0.4 is 0 Å². The molecular formula is C17H19ClO2. The summed E-state index contributed by atoms with van der Waals surface area (Å²) < 4.78 is 0. The van der Waals surface area contributed by atoms with Gasteiger partial charge < -0.3 is 0 Å². The van der Waals surface area contributed by atoms with Crippen molar-refractivity contribution in [2.24, 2.45) is 11.3 Å². The van der Waals surface area contributed by atoms with E-state index < -0.39 is 5.41 Å². The maximum atomic E-state index is 13.0. The number of halogens is 1. The summed E-state index contributed by atoms with van der Waals surface area (Å²) in [7, 11) is 0. The maximum Gasteiger partial charge on any atom is 0.154 e. The van der Waals surface area contributed by atoms with Crippen LogP contribution in [0.25, 0.3) is 0 Å². The predicted octanol–water partition coefficient (Wildman–Crippen LogP) is 4.16. The van der Waals surface area contributed by atoms with Crippen molar-refractivity contribution in [3.63, 3.8) is 0 Å². The van der Waals surface area contributed by atoms with E-state index in [1.165, 1.54) is 0 Å². The van der Waals surface area contributed by atoms with Gasteiger partial charge in [0.25, 0.3) is 0 Å². The van der Waals surface area contributed by atoms with E-state index in [9.17, 15) is 9.59 Å². The molecule has 0 aliphatic heterocycles. The molecule has 0 unspecified atom stereocenters. The zero-order valence-corrected chi connectivity index (χ0v) is 12.5. The Labute approximate surface area is 124 Å². The molecule has 1 aromatic rings. The molecule has 1 spiro atoms. The molecule has 2 nitrogen and oxygen atoms in total. The van der Waals surface area contributed by atoms with Crippen molar-refractivity contribution < 1.29 is 9.59 Å². The van der Waals surface area contributed by atoms with E-state index >= 15 is 0 Å². The molecule has 0 bridgehead atoms. The molecule has 2 fully saturated rings. The molecule has 3 heteroatoms. The van der Waals surface area contributed by atoms with E-state index in [-0.39, 0.29) is 23.4 Å². The Morgan fingerprint density at radius 2 is 1.70 bits per heavy atom. The molecule has 0 radical (unpaired) electrons. The molecule has 2 aliphatic rings. The highest BCUT2D eigenvalue weighted by Gasteiger charge is 2.58. The van der Waals surface area contributed by atoms with E-state index in [1.54, 1.807) is 6.07 Å². The summed E-state index contributed by atoms with van der Waals surface area (Å²) in [5, 5.41) is 0.596. The van der Waals surface area contributed by atoms with Crippen LogP contribution in [0.5, 0.6) is 0 Å². The van der Waals surface area contributed by atoms with Gasteiger partial charge in [-0.15, -0.1) is 0 Å². The van der Waals surface area contributed by atoms with Gasteiger partial charge in [0.05, 0.1) is 11.3 Å². The zero-order chi connectivity index (χ0) is 14.3. The second-order valence-corrected chi connectivity index (χ2v) is 6.57. The molecule has 2 atom stereocenters. The van der Waals surface area contributed by atoms with Gasteiger partial charge in [0.1, 0.15) is 5.78 Å². The van der Waals surface area contributed by atoms with Crippen molar-refractivity contribution in [2.75, 3.05) is 0 Å². The van der Waals surface area contributed by atoms with Crippen LogP contribution in [-0.4, -0.2) is 11.6 Å². The van der Waals surface area contributed by atoms with Gasteiger partial charge in [-0.25, -0.2) is 0 Å². The fourth-order valence-corrected chi connectivity index (χ4v) is 4.27. The van der Waals surface area contributed by atoms with Gasteiger partial charge in [-0.05, 0) is 24.5 Å². The monoisotopic (exact) mass is 290 g/mol. The van der Waals surface area contributed by atoms with Gasteiger partial charge in [0.15, 0.2) is 5.78 Å². The first-order valence-electron chi connectivity index (χ1n) is 7.41. The van der Waals surface area contributed by atoms with Crippen LogP contribution in [0.3, 0.4) is 0 Å². The number of rotatable bonds is 1. The number of hydrogen-bond acceptors (Lipinski definition) is 2. The minimum Gasteiger partial charge on any atom is -0.298 e. The number of Topliss-reactive ketones (excluding diaryl/α,β-unsaturated/α-hetero) is 2. The lowest BCUT2D eigenvalue weighted by atomic mass is 9.70. The lowest BCUT2D eigenvalue weighted by molar-refractivity contribution is -0.138. The smallest absolute Gasteiger partial charge is 0.154 e. The first-order chi connectivity index (χ1) is 9.58. The van der Waals surface area contributed by atoms with E-state index in [0.29, 0.717) is 5.02 Å². The SMILES string of the molecule is C[C@@H]1C(=O)C2(CCCCC2)C(=O)[C@H]1c1ccccc1Cl. The first kappa shape index (κ1) is 13.8. The average molecular weight is 291 g/mol. The summed E-state index contributed by atoms with van der Waals surface area (Å²) in [5.74, 6) is -0.343. The highest BCUT2D eigenvalue weighted by atomic mass is 35.5. The third-order valence-corrected chi connectivity index (χ3v) is 5.43. The van der Waals surface area contributed by atoms with Crippen molar-refractivity contribution in [1.29, 1.82) is 0 Å². The maximum absolute atomic E-state index is 13.0. The molecule has 0 aromatic heterocycles. The van der Waals surface area contributed by atoms with Crippen LogP contribution >= 0.6 is 11.6 Å². The van der Waals surface area contributed by atoms with E-state index in [0.717, 1.165) is 37.7 Å². The second kappa shape index (κ2) is 5.00. The second-order valence-electron chi connectivity index (χ2n) is 6.16. The summed E-state index contributed by atoms with van der Waals surface area (Å²) in [6, 6.07) is 7.43. The standard InChI is InChI=1S/C17H19ClO2/c1-11-14(12-7-3-4-8-13(12)18)16(20)17(15(11)19)9-5-2-6-10-17/h3-4,7-8,11,14H,2,5-6,9-10H2,1H3/t11-,14+/m0/s1. The van der Waals surface area contributed by atoms with Gasteiger partial charge in [-0.3, -0.25) is 9.59 Å². The van der Waals surface area contributed by atoms with Crippen LogP contribution in [0.2, 0.25) is 5.02 Å². The summed E-state index contributed by atoms with van der Waals surface area (Å²) in [6.07, 6.45) is 4.57. The Kier molecular flexibility index (Phi) is 3.45. The van der Waals surface area contributed by atoms with Crippen LogP contribution in [0, 0.1) is 11.3 Å². The zero-order valence-electron chi connectivity index (χ0n) is 11.7. The number of carbonyl (C=O) groups excluding carboxylic acids is 2. The molecule has 0 heterocycles. The first-order valence-corrected chi connectivity index (χ1v) is 7.79. The molecule has 3 rings (SSSR count). The molecule has 0 N–H and O–H groups in total. The predicted molar refractivity (Wildman–Crippen MR) is 78.9 cm³/mol.